The van der Waals surface area contributed by atoms with Crippen molar-refractivity contribution in [1.82, 2.24) is 9.05 Å². The Morgan fingerprint density at radius 1 is 0.653 bits per heavy atom. The van der Waals surface area contributed by atoms with Gasteiger partial charge in [0.2, 0.25) is 0 Å². The maximum Gasteiger partial charge on any atom is 0.333 e. The fourth-order valence-corrected chi connectivity index (χ4v) is 9.42. The second kappa shape index (κ2) is 8.69. The first kappa shape index (κ1) is 25.6. The van der Waals surface area contributed by atoms with Crippen molar-refractivity contribution in [3.8, 4) is 34.0 Å². The number of fused-ring (bicyclic) bond motifs is 14. The molecule has 2 aliphatic heterocycles. The van der Waals surface area contributed by atoms with Crippen molar-refractivity contribution in [3.05, 3.63) is 139 Å². The minimum atomic E-state index is -0.0413. The summed E-state index contributed by atoms with van der Waals surface area (Å²) in [6.45, 7) is 2.23. The number of hydrogen-bond donors (Lipinski definition) is 0. The summed E-state index contributed by atoms with van der Waals surface area (Å²) in [4.78, 5) is 0. The van der Waals surface area contributed by atoms with Gasteiger partial charge in [0, 0.05) is 49.2 Å². The highest BCUT2D eigenvalue weighted by atomic mass is 16.3. The van der Waals surface area contributed by atoms with Gasteiger partial charge < -0.3 is 13.5 Å². The first-order valence-corrected chi connectivity index (χ1v) is 16.8. The third-order valence-electron chi connectivity index (χ3n) is 11.3. The standard InChI is InChI=1S/C44H24BN3O/c1-24-31(26-11-8-10-25(20-26)23-46)22-37-41-39(24)33-21-32-28-13-4-7-19-38(28)49-44(32)40-30-14-3-6-18-36(30)48(43(33)40)45(41)34-16-9-15-29-27-12-2-5-17-35(27)47(37)42(29)34/h2-22H,1H3. The van der Waals surface area contributed by atoms with Crippen LogP contribution in [0.5, 0.6) is 0 Å². The van der Waals surface area contributed by atoms with Gasteiger partial charge in [0.25, 0.3) is 0 Å². The van der Waals surface area contributed by atoms with Crippen molar-refractivity contribution in [1.29, 1.82) is 5.26 Å². The number of aromatic nitrogens is 2. The van der Waals surface area contributed by atoms with Gasteiger partial charge in [-0.25, -0.2) is 0 Å². The molecule has 0 unspecified atom stereocenters. The molecule has 2 aliphatic rings. The number of para-hydroxylation sites is 4. The summed E-state index contributed by atoms with van der Waals surface area (Å²) in [5.41, 5.74) is 17.1. The summed E-state index contributed by atoms with van der Waals surface area (Å²) in [6.07, 6.45) is 0. The number of nitrogens with zero attached hydrogens (tertiary/aromatic N) is 3. The Labute approximate surface area is 280 Å². The number of furan rings is 1. The smallest absolute Gasteiger partial charge is 0.333 e. The fraction of sp³-hybridized carbons (Fsp3) is 0.0227. The van der Waals surface area contributed by atoms with E-state index in [2.05, 4.69) is 131 Å². The monoisotopic (exact) mass is 621 g/mol. The van der Waals surface area contributed by atoms with Crippen LogP contribution in [0.1, 0.15) is 11.1 Å². The van der Waals surface area contributed by atoms with Crippen LogP contribution in [-0.2, 0) is 0 Å². The van der Waals surface area contributed by atoms with Gasteiger partial charge in [-0.15, -0.1) is 0 Å². The van der Waals surface area contributed by atoms with E-state index in [1.54, 1.807) is 0 Å². The van der Waals surface area contributed by atoms with Crippen LogP contribution < -0.4 is 10.9 Å². The first-order chi connectivity index (χ1) is 24.2. The molecule has 0 saturated heterocycles. The van der Waals surface area contributed by atoms with Crippen molar-refractivity contribution in [2.75, 3.05) is 0 Å². The van der Waals surface area contributed by atoms with Gasteiger partial charge >= 0.3 is 6.85 Å². The minimum absolute atomic E-state index is 0.0413. The van der Waals surface area contributed by atoms with Gasteiger partial charge in [-0.1, -0.05) is 84.9 Å². The third-order valence-corrected chi connectivity index (χ3v) is 11.3. The van der Waals surface area contributed by atoms with Crippen LogP contribution in [0.25, 0.3) is 93.5 Å². The van der Waals surface area contributed by atoms with Crippen LogP contribution >= 0.6 is 0 Å². The SMILES string of the molecule is Cc1c(-c2cccc(C#N)c2)cc2c3c1-c1cc4c5ccccc5oc4c4c5ccccc5n(c14)B3c1cccc3c4ccccc4n-2c13. The molecule has 0 bridgehead atoms. The summed E-state index contributed by atoms with van der Waals surface area (Å²) < 4.78 is 11.9. The predicted molar refractivity (Wildman–Crippen MR) is 202 cm³/mol. The quantitative estimate of drug-likeness (QED) is 0.171. The highest BCUT2D eigenvalue weighted by Gasteiger charge is 2.43. The Morgan fingerprint density at radius 3 is 2.29 bits per heavy atom. The molecule has 4 nitrogen and oxygen atoms in total. The van der Waals surface area contributed by atoms with E-state index in [0.29, 0.717) is 5.56 Å². The topological polar surface area (TPSA) is 46.8 Å². The van der Waals surface area contributed by atoms with Crippen LogP contribution in [-0.4, -0.2) is 15.9 Å². The number of hydrogen-bond acceptors (Lipinski definition) is 2. The van der Waals surface area contributed by atoms with Gasteiger partial charge in [-0.3, -0.25) is 0 Å². The average Bonchev–Trinajstić information content (AvgIpc) is 3.81. The zero-order chi connectivity index (χ0) is 32.1. The maximum absolute atomic E-state index is 9.90. The summed E-state index contributed by atoms with van der Waals surface area (Å²) in [7, 11) is 0. The Morgan fingerprint density at radius 2 is 1.41 bits per heavy atom. The lowest BCUT2D eigenvalue weighted by Gasteiger charge is -2.35. The molecule has 0 radical (unpaired) electrons. The van der Waals surface area contributed by atoms with Gasteiger partial charge in [0.15, 0.2) is 0 Å². The van der Waals surface area contributed by atoms with E-state index in [4.69, 9.17) is 4.42 Å². The van der Waals surface area contributed by atoms with Crippen molar-refractivity contribution < 1.29 is 4.42 Å². The summed E-state index contributed by atoms with van der Waals surface area (Å²) >= 11 is 0. The normalized spacial score (nSPS) is 12.9. The second-order valence-electron chi connectivity index (χ2n) is 13.6. The summed E-state index contributed by atoms with van der Waals surface area (Å²) in [6, 6.07) is 48.1. The molecule has 0 saturated carbocycles. The number of nitriles is 1. The van der Waals surface area contributed by atoms with Gasteiger partial charge in [0.05, 0.1) is 28.1 Å². The molecular formula is C44H24BN3O. The maximum atomic E-state index is 9.90. The van der Waals surface area contributed by atoms with Crippen molar-refractivity contribution in [2.24, 2.45) is 0 Å². The molecule has 224 valence electrons. The molecule has 0 fully saturated rings. The molecule has 0 atom stereocenters. The van der Waals surface area contributed by atoms with E-state index in [1.165, 1.54) is 76.9 Å². The molecule has 5 heteroatoms. The Bertz CT molecular complexity index is 3200. The molecule has 12 rings (SSSR count). The van der Waals surface area contributed by atoms with E-state index in [-0.39, 0.29) is 6.85 Å². The molecule has 49 heavy (non-hydrogen) atoms. The summed E-state index contributed by atoms with van der Waals surface area (Å²) in [5, 5.41) is 17.0. The number of rotatable bonds is 1. The van der Waals surface area contributed by atoms with Gasteiger partial charge in [-0.2, -0.15) is 5.26 Å². The van der Waals surface area contributed by atoms with E-state index >= 15 is 0 Å². The molecule has 0 spiro atoms. The van der Waals surface area contributed by atoms with Crippen LogP contribution in [0.2, 0.25) is 0 Å². The highest BCUT2D eigenvalue weighted by Crippen LogP contribution is 2.49. The summed E-state index contributed by atoms with van der Waals surface area (Å²) in [5.74, 6) is 0. The zero-order valence-electron chi connectivity index (χ0n) is 26.5. The molecular weight excluding hydrogens is 597 g/mol. The van der Waals surface area contributed by atoms with E-state index in [9.17, 15) is 5.26 Å². The molecule has 0 aliphatic carbocycles. The zero-order valence-corrected chi connectivity index (χ0v) is 26.5. The van der Waals surface area contributed by atoms with Crippen LogP contribution in [0.3, 0.4) is 0 Å². The lowest BCUT2D eigenvalue weighted by atomic mass is 9.45. The fourth-order valence-electron chi connectivity index (χ4n) is 9.42. The third kappa shape index (κ3) is 2.94. The Kier molecular flexibility index (Phi) is 4.53. The van der Waals surface area contributed by atoms with Crippen LogP contribution in [0.15, 0.2) is 132 Å². The largest absolute Gasteiger partial charge is 0.455 e. The highest BCUT2D eigenvalue weighted by molar-refractivity contribution is 6.90. The first-order valence-electron chi connectivity index (χ1n) is 16.8. The van der Waals surface area contributed by atoms with Crippen molar-refractivity contribution in [2.45, 2.75) is 6.92 Å². The number of benzene rings is 7. The minimum Gasteiger partial charge on any atom is -0.455 e. The Balaban J connectivity index is 1.37. The molecule has 7 aromatic carbocycles. The second-order valence-corrected chi connectivity index (χ2v) is 13.6. The van der Waals surface area contributed by atoms with Gasteiger partial charge in [-0.05, 0) is 82.6 Å². The lowest BCUT2D eigenvalue weighted by Crippen LogP contribution is -2.55. The molecule has 5 heterocycles. The average molecular weight is 622 g/mol. The predicted octanol–water partition coefficient (Wildman–Crippen LogP) is 9.59. The van der Waals surface area contributed by atoms with E-state index < -0.39 is 0 Å². The Hall–Kier alpha value is -6.51. The van der Waals surface area contributed by atoms with Crippen LogP contribution in [0, 0.1) is 18.3 Å². The van der Waals surface area contributed by atoms with Gasteiger partial charge in [0.1, 0.15) is 11.2 Å². The molecule has 10 aromatic rings. The van der Waals surface area contributed by atoms with E-state index in [0.717, 1.165) is 33.1 Å². The molecule has 0 amide bonds. The molecule has 0 N–H and O–H groups in total. The lowest BCUT2D eigenvalue weighted by molar-refractivity contribution is 0.673. The van der Waals surface area contributed by atoms with Crippen molar-refractivity contribution >= 4 is 83.3 Å². The molecule has 3 aromatic heterocycles. The van der Waals surface area contributed by atoms with Crippen LogP contribution in [0.4, 0.5) is 0 Å². The van der Waals surface area contributed by atoms with Crippen molar-refractivity contribution in [3.63, 3.8) is 0 Å². The van der Waals surface area contributed by atoms with E-state index in [1.807, 2.05) is 18.2 Å².